The summed E-state index contributed by atoms with van der Waals surface area (Å²) in [5, 5.41) is 0. The number of thioether (sulfide) groups is 1. The van der Waals surface area contributed by atoms with Crippen LogP contribution in [0.2, 0.25) is 0 Å². The molecule has 1 aliphatic rings. The van der Waals surface area contributed by atoms with E-state index in [1.54, 1.807) is 12.1 Å². The van der Waals surface area contributed by atoms with Gasteiger partial charge in [0.2, 0.25) is 0 Å². The lowest BCUT2D eigenvalue weighted by atomic mass is 10.3. The molecule has 0 aromatic heterocycles. The minimum atomic E-state index is -0.335. The molecule has 1 aromatic rings. The predicted molar refractivity (Wildman–Crippen MR) is 85.1 cm³/mol. The van der Waals surface area contributed by atoms with Gasteiger partial charge >= 0.3 is 0 Å². The molecular formula is C14H15FN2OS2. The molecule has 0 saturated carbocycles. The third-order valence-corrected chi connectivity index (χ3v) is 4.28. The maximum Gasteiger partial charge on any atom is 0.272 e. The summed E-state index contributed by atoms with van der Waals surface area (Å²) in [6.45, 7) is 5.72. The second-order valence-electron chi connectivity index (χ2n) is 4.20. The fourth-order valence-corrected chi connectivity index (χ4v) is 3.15. The zero-order chi connectivity index (χ0) is 14.7. The average Bonchev–Trinajstić information content (AvgIpc) is 2.72. The van der Waals surface area contributed by atoms with Crippen LogP contribution in [-0.2, 0) is 4.79 Å². The lowest BCUT2D eigenvalue weighted by molar-refractivity contribution is -0.113. The van der Waals surface area contributed by atoms with Crippen LogP contribution in [0.5, 0.6) is 0 Å². The molecule has 1 fully saturated rings. The molecule has 1 aromatic carbocycles. The molecule has 0 radical (unpaired) electrons. The highest BCUT2D eigenvalue weighted by Crippen LogP contribution is 2.35. The molecule has 1 saturated heterocycles. The minimum Gasteiger partial charge on any atom is -0.377 e. The first kappa shape index (κ1) is 15.0. The van der Waals surface area contributed by atoms with Crippen LogP contribution in [0.25, 0.3) is 0 Å². The summed E-state index contributed by atoms with van der Waals surface area (Å²) in [7, 11) is 0. The first-order chi connectivity index (χ1) is 9.56. The normalized spacial score (nSPS) is 17.1. The van der Waals surface area contributed by atoms with Crippen molar-refractivity contribution in [1.82, 2.24) is 4.90 Å². The van der Waals surface area contributed by atoms with Crippen LogP contribution in [0.1, 0.15) is 13.8 Å². The van der Waals surface area contributed by atoms with E-state index in [0.29, 0.717) is 14.9 Å². The summed E-state index contributed by atoms with van der Waals surface area (Å²) >= 11 is 6.52. The molecule has 1 amide bonds. The highest BCUT2D eigenvalue weighted by molar-refractivity contribution is 8.27. The van der Waals surface area contributed by atoms with Gasteiger partial charge in [-0.15, -0.1) is 0 Å². The van der Waals surface area contributed by atoms with Crippen molar-refractivity contribution in [3.05, 3.63) is 41.2 Å². The van der Waals surface area contributed by atoms with E-state index in [-0.39, 0.29) is 11.7 Å². The van der Waals surface area contributed by atoms with Crippen molar-refractivity contribution >= 4 is 39.9 Å². The molecule has 6 heteroatoms. The van der Waals surface area contributed by atoms with Gasteiger partial charge in [0.05, 0.1) is 10.6 Å². The van der Waals surface area contributed by atoms with Crippen LogP contribution < -0.4 is 4.90 Å². The van der Waals surface area contributed by atoms with E-state index < -0.39 is 0 Å². The Morgan fingerprint density at radius 3 is 2.45 bits per heavy atom. The van der Waals surface area contributed by atoms with E-state index in [2.05, 4.69) is 0 Å². The molecule has 3 nitrogen and oxygen atoms in total. The molecular weight excluding hydrogens is 295 g/mol. The van der Waals surface area contributed by atoms with Gasteiger partial charge in [-0.05, 0) is 38.1 Å². The van der Waals surface area contributed by atoms with E-state index in [9.17, 15) is 9.18 Å². The minimum absolute atomic E-state index is 0.154. The van der Waals surface area contributed by atoms with Crippen molar-refractivity contribution in [2.24, 2.45) is 0 Å². The lowest BCUT2D eigenvalue weighted by Crippen LogP contribution is -2.28. The van der Waals surface area contributed by atoms with Crippen molar-refractivity contribution in [3.63, 3.8) is 0 Å². The van der Waals surface area contributed by atoms with E-state index in [1.165, 1.54) is 28.8 Å². The number of hydrogen-bond donors (Lipinski definition) is 0. The second-order valence-corrected chi connectivity index (χ2v) is 5.88. The van der Waals surface area contributed by atoms with Gasteiger partial charge in [0, 0.05) is 19.3 Å². The molecule has 1 heterocycles. The fourth-order valence-electron chi connectivity index (χ4n) is 1.84. The van der Waals surface area contributed by atoms with Gasteiger partial charge in [-0.2, -0.15) is 0 Å². The summed E-state index contributed by atoms with van der Waals surface area (Å²) < 4.78 is 13.4. The third kappa shape index (κ3) is 3.02. The number of anilines is 1. The molecule has 0 spiro atoms. The van der Waals surface area contributed by atoms with E-state index in [4.69, 9.17) is 12.2 Å². The number of carbonyl (C=O) groups is 1. The van der Waals surface area contributed by atoms with Crippen LogP contribution in [-0.4, -0.2) is 28.2 Å². The number of benzene rings is 1. The second kappa shape index (κ2) is 6.37. The zero-order valence-corrected chi connectivity index (χ0v) is 12.9. The van der Waals surface area contributed by atoms with Crippen LogP contribution in [0.3, 0.4) is 0 Å². The molecule has 1 aliphatic heterocycles. The summed E-state index contributed by atoms with van der Waals surface area (Å²) in [6, 6.07) is 5.75. The molecule has 0 bridgehead atoms. The molecule has 106 valence electrons. The highest BCUT2D eigenvalue weighted by Gasteiger charge is 2.33. The third-order valence-electron chi connectivity index (χ3n) is 2.99. The van der Waals surface area contributed by atoms with Gasteiger partial charge < -0.3 is 4.90 Å². The molecule has 0 aliphatic carbocycles. The Morgan fingerprint density at radius 2 is 1.90 bits per heavy atom. The largest absolute Gasteiger partial charge is 0.377 e. The number of rotatable bonds is 4. The van der Waals surface area contributed by atoms with E-state index >= 15 is 0 Å². The van der Waals surface area contributed by atoms with Crippen LogP contribution >= 0.6 is 24.0 Å². The first-order valence-corrected chi connectivity index (χ1v) is 7.57. The van der Waals surface area contributed by atoms with Gasteiger partial charge in [0.25, 0.3) is 5.91 Å². The summed E-state index contributed by atoms with van der Waals surface area (Å²) in [5.41, 5.74) is 0.594. The predicted octanol–water partition coefficient (Wildman–Crippen LogP) is 3.37. The van der Waals surface area contributed by atoms with Gasteiger partial charge in [-0.25, -0.2) is 4.39 Å². The number of nitrogens with zero attached hydrogens (tertiary/aromatic N) is 2. The number of halogens is 1. The van der Waals surface area contributed by atoms with Gasteiger partial charge in [-0.1, -0.05) is 24.0 Å². The van der Waals surface area contributed by atoms with E-state index in [0.717, 1.165) is 13.1 Å². The van der Waals surface area contributed by atoms with E-state index in [1.807, 2.05) is 24.9 Å². The monoisotopic (exact) mass is 310 g/mol. The molecule has 2 rings (SSSR count). The van der Waals surface area contributed by atoms with Crippen LogP contribution in [0, 0.1) is 5.82 Å². The van der Waals surface area contributed by atoms with Gasteiger partial charge in [-0.3, -0.25) is 9.69 Å². The fraction of sp³-hybridized carbons (Fsp3) is 0.286. The Bertz CT molecular complexity index is 553. The van der Waals surface area contributed by atoms with Crippen molar-refractivity contribution < 1.29 is 9.18 Å². The topological polar surface area (TPSA) is 23.6 Å². The Morgan fingerprint density at radius 1 is 1.30 bits per heavy atom. The SMILES string of the molecule is CCN(/C=C1\SC(=S)N(c2ccc(F)cc2)C1=O)CC. The number of carbonyl (C=O) groups excluding carboxylic acids is 1. The highest BCUT2D eigenvalue weighted by atomic mass is 32.2. The smallest absolute Gasteiger partial charge is 0.272 e. The zero-order valence-electron chi connectivity index (χ0n) is 11.3. The number of amides is 1. The average molecular weight is 310 g/mol. The Kier molecular flexibility index (Phi) is 4.77. The summed E-state index contributed by atoms with van der Waals surface area (Å²) in [5.74, 6) is -0.489. The summed E-state index contributed by atoms with van der Waals surface area (Å²) in [4.78, 5) is 16.5. The standard InChI is InChI=1S/C14H15FN2OS2/c1-3-16(4-2)9-12-13(18)17(14(19)20-12)11-7-5-10(15)6-8-11/h5-9H,3-4H2,1-2H3/b12-9-. The van der Waals surface area contributed by atoms with Gasteiger partial charge in [0.1, 0.15) is 5.82 Å². The maximum absolute atomic E-state index is 12.9. The number of thiocarbonyl (C=S) groups is 1. The molecule has 0 N–H and O–H groups in total. The Balaban J connectivity index is 2.27. The van der Waals surface area contributed by atoms with Crippen molar-refractivity contribution in [3.8, 4) is 0 Å². The van der Waals surface area contributed by atoms with Crippen molar-refractivity contribution in [1.29, 1.82) is 0 Å². The van der Waals surface area contributed by atoms with Crippen molar-refractivity contribution in [2.75, 3.05) is 18.0 Å². The van der Waals surface area contributed by atoms with Crippen molar-refractivity contribution in [2.45, 2.75) is 13.8 Å². The first-order valence-electron chi connectivity index (χ1n) is 6.34. The van der Waals surface area contributed by atoms with Gasteiger partial charge in [0.15, 0.2) is 4.32 Å². The van der Waals surface area contributed by atoms with Crippen LogP contribution in [0.4, 0.5) is 10.1 Å². The summed E-state index contributed by atoms with van der Waals surface area (Å²) in [6.07, 6.45) is 1.84. The van der Waals surface area contributed by atoms with Crippen LogP contribution in [0.15, 0.2) is 35.4 Å². The maximum atomic E-state index is 12.9. The Hall–Kier alpha value is -1.40. The Labute approximate surface area is 127 Å². The quantitative estimate of drug-likeness (QED) is 0.628. The molecule has 20 heavy (non-hydrogen) atoms. The number of hydrogen-bond acceptors (Lipinski definition) is 4. The molecule has 0 atom stereocenters. The lowest BCUT2D eigenvalue weighted by Gasteiger charge is -2.16. The molecule has 0 unspecified atom stereocenters.